The molecule has 25 heavy (non-hydrogen) atoms. The van der Waals surface area contributed by atoms with Crippen LogP contribution in [-0.4, -0.2) is 51.7 Å². The summed E-state index contributed by atoms with van der Waals surface area (Å²) in [5.74, 6) is 0.653. The monoisotopic (exact) mass is 501 g/mol. The van der Waals surface area contributed by atoms with Crippen LogP contribution in [0.25, 0.3) is 0 Å². The second-order valence-corrected chi connectivity index (χ2v) is 9.55. The fourth-order valence-corrected chi connectivity index (χ4v) is 4.80. The molecule has 1 saturated heterocycles. The standard InChI is InChI=1S/C16H27N3O3S2.HI/c1-4-17-15(18-11-14-13(2)5-10-23-14)19-12-16(24(3,20)21)6-8-22-9-7-16;/h5,10H,4,6-9,11-12H2,1-3H3,(H2,17,18,19);1H. The third kappa shape index (κ3) is 6.07. The first kappa shape index (κ1) is 22.7. The first-order chi connectivity index (χ1) is 11.4. The van der Waals surface area contributed by atoms with Crippen LogP contribution in [0.3, 0.4) is 0 Å². The lowest BCUT2D eigenvalue weighted by molar-refractivity contribution is 0.0756. The zero-order chi connectivity index (χ0) is 17.6. The van der Waals surface area contributed by atoms with Gasteiger partial charge in [0.15, 0.2) is 15.8 Å². The minimum absolute atomic E-state index is 0. The number of halogens is 1. The first-order valence-corrected chi connectivity index (χ1v) is 11.0. The number of thiophene rings is 1. The van der Waals surface area contributed by atoms with Crippen LogP contribution in [0, 0.1) is 6.92 Å². The van der Waals surface area contributed by atoms with Crippen molar-refractivity contribution in [3.05, 3.63) is 21.9 Å². The van der Waals surface area contributed by atoms with Crippen LogP contribution in [0.15, 0.2) is 16.4 Å². The van der Waals surface area contributed by atoms with E-state index >= 15 is 0 Å². The average Bonchev–Trinajstić information content (AvgIpc) is 2.95. The van der Waals surface area contributed by atoms with Crippen LogP contribution in [0.1, 0.15) is 30.2 Å². The SMILES string of the molecule is CCNC(=NCc1sccc1C)NCC1(S(C)(=O)=O)CCOCC1.I. The number of hydrogen-bond acceptors (Lipinski definition) is 5. The van der Waals surface area contributed by atoms with Gasteiger partial charge in [0.1, 0.15) is 0 Å². The molecule has 0 bridgehead atoms. The summed E-state index contributed by atoms with van der Waals surface area (Å²) in [7, 11) is -3.19. The molecule has 2 heterocycles. The van der Waals surface area contributed by atoms with Crippen molar-refractivity contribution in [1.29, 1.82) is 0 Å². The van der Waals surface area contributed by atoms with Crippen LogP contribution in [0.5, 0.6) is 0 Å². The predicted octanol–water partition coefficient (Wildman–Crippen LogP) is 2.32. The Bertz CT molecular complexity index is 668. The van der Waals surface area contributed by atoms with Gasteiger partial charge in [-0.2, -0.15) is 0 Å². The van der Waals surface area contributed by atoms with E-state index in [0.29, 0.717) is 45.1 Å². The summed E-state index contributed by atoms with van der Waals surface area (Å²) in [5, 5.41) is 8.48. The normalized spacial score (nSPS) is 17.6. The van der Waals surface area contributed by atoms with Gasteiger partial charge < -0.3 is 15.4 Å². The van der Waals surface area contributed by atoms with Gasteiger partial charge in [0.2, 0.25) is 0 Å². The van der Waals surface area contributed by atoms with Crippen LogP contribution < -0.4 is 10.6 Å². The number of guanidine groups is 1. The minimum atomic E-state index is -3.19. The first-order valence-electron chi connectivity index (χ1n) is 8.20. The molecule has 0 aromatic carbocycles. The lowest BCUT2D eigenvalue weighted by Gasteiger charge is -2.35. The van der Waals surface area contributed by atoms with Gasteiger partial charge in [-0.1, -0.05) is 0 Å². The van der Waals surface area contributed by atoms with E-state index in [2.05, 4.69) is 34.0 Å². The van der Waals surface area contributed by atoms with Gasteiger partial charge in [0, 0.05) is 37.4 Å². The van der Waals surface area contributed by atoms with E-state index in [1.807, 2.05) is 6.92 Å². The molecule has 1 aromatic heterocycles. The van der Waals surface area contributed by atoms with E-state index in [1.54, 1.807) is 11.3 Å². The smallest absolute Gasteiger partial charge is 0.191 e. The summed E-state index contributed by atoms with van der Waals surface area (Å²) in [5.41, 5.74) is 1.23. The molecule has 2 N–H and O–H groups in total. The summed E-state index contributed by atoms with van der Waals surface area (Å²) in [6, 6.07) is 2.08. The number of aryl methyl sites for hydroxylation is 1. The van der Waals surface area contributed by atoms with Gasteiger partial charge in [-0.3, -0.25) is 0 Å². The summed E-state index contributed by atoms with van der Waals surface area (Å²) in [4.78, 5) is 5.81. The molecule has 1 aromatic rings. The zero-order valence-corrected chi connectivity index (χ0v) is 19.0. The van der Waals surface area contributed by atoms with E-state index in [1.165, 1.54) is 16.7 Å². The molecule has 0 atom stereocenters. The predicted molar refractivity (Wildman–Crippen MR) is 115 cm³/mol. The molecular weight excluding hydrogens is 473 g/mol. The summed E-state index contributed by atoms with van der Waals surface area (Å²) >= 11 is 1.68. The Morgan fingerprint density at radius 1 is 1.36 bits per heavy atom. The van der Waals surface area contributed by atoms with Gasteiger partial charge in [0.05, 0.1) is 11.3 Å². The molecule has 1 aliphatic rings. The third-order valence-corrected chi connectivity index (χ3v) is 7.60. The molecule has 9 heteroatoms. The topological polar surface area (TPSA) is 79.8 Å². The Morgan fingerprint density at radius 3 is 2.56 bits per heavy atom. The average molecular weight is 501 g/mol. The maximum atomic E-state index is 12.3. The number of nitrogens with zero attached hydrogens (tertiary/aromatic N) is 1. The molecular formula is C16H28IN3O3S2. The van der Waals surface area contributed by atoms with Gasteiger partial charge in [-0.15, -0.1) is 35.3 Å². The Kier molecular flexibility index (Phi) is 9.13. The van der Waals surface area contributed by atoms with Crippen molar-refractivity contribution in [2.75, 3.05) is 32.6 Å². The molecule has 2 rings (SSSR count). The van der Waals surface area contributed by atoms with Crippen molar-refractivity contribution in [3.8, 4) is 0 Å². The van der Waals surface area contributed by atoms with E-state index in [0.717, 1.165) is 6.54 Å². The number of hydrogen-bond donors (Lipinski definition) is 2. The molecule has 0 amide bonds. The van der Waals surface area contributed by atoms with Gasteiger partial charge in [0.25, 0.3) is 0 Å². The van der Waals surface area contributed by atoms with Crippen molar-refractivity contribution in [1.82, 2.24) is 10.6 Å². The second-order valence-electron chi connectivity index (χ2n) is 6.14. The Balaban J connectivity index is 0.00000312. The maximum absolute atomic E-state index is 12.3. The van der Waals surface area contributed by atoms with Crippen LogP contribution in [-0.2, 0) is 21.1 Å². The quantitative estimate of drug-likeness (QED) is 0.356. The fourth-order valence-electron chi connectivity index (χ4n) is 2.73. The zero-order valence-electron chi connectivity index (χ0n) is 15.0. The maximum Gasteiger partial charge on any atom is 0.191 e. The van der Waals surface area contributed by atoms with Crippen molar-refractivity contribution < 1.29 is 13.2 Å². The molecule has 1 aliphatic heterocycles. The fraction of sp³-hybridized carbons (Fsp3) is 0.688. The van der Waals surface area contributed by atoms with Crippen molar-refractivity contribution >= 4 is 51.1 Å². The summed E-state index contributed by atoms with van der Waals surface area (Å²) < 4.78 is 29.2. The lowest BCUT2D eigenvalue weighted by atomic mass is 9.99. The molecule has 0 radical (unpaired) electrons. The second kappa shape index (κ2) is 10.1. The van der Waals surface area contributed by atoms with Gasteiger partial charge >= 0.3 is 0 Å². The van der Waals surface area contributed by atoms with E-state index < -0.39 is 14.6 Å². The minimum Gasteiger partial charge on any atom is -0.381 e. The Morgan fingerprint density at radius 2 is 2.04 bits per heavy atom. The lowest BCUT2D eigenvalue weighted by Crippen LogP contribution is -2.53. The number of aliphatic imine (C=N–C) groups is 1. The highest BCUT2D eigenvalue weighted by molar-refractivity contribution is 14.0. The van der Waals surface area contributed by atoms with E-state index in [-0.39, 0.29) is 24.0 Å². The summed E-state index contributed by atoms with van der Waals surface area (Å²) in [6.07, 6.45) is 2.35. The highest BCUT2D eigenvalue weighted by atomic mass is 127. The van der Waals surface area contributed by atoms with Crippen LogP contribution >= 0.6 is 35.3 Å². The molecule has 6 nitrogen and oxygen atoms in total. The molecule has 0 unspecified atom stereocenters. The van der Waals surface area contributed by atoms with Crippen molar-refractivity contribution in [2.45, 2.75) is 38.0 Å². The largest absolute Gasteiger partial charge is 0.381 e. The highest BCUT2D eigenvalue weighted by Crippen LogP contribution is 2.28. The Hall–Kier alpha value is -0.390. The van der Waals surface area contributed by atoms with Crippen molar-refractivity contribution in [2.24, 2.45) is 4.99 Å². The van der Waals surface area contributed by atoms with E-state index in [4.69, 9.17) is 4.74 Å². The van der Waals surface area contributed by atoms with E-state index in [9.17, 15) is 8.42 Å². The molecule has 0 aliphatic carbocycles. The molecule has 0 spiro atoms. The number of nitrogens with one attached hydrogen (secondary N) is 2. The van der Waals surface area contributed by atoms with Gasteiger partial charge in [-0.05, 0) is 43.7 Å². The number of ether oxygens (including phenoxy) is 1. The highest BCUT2D eigenvalue weighted by Gasteiger charge is 2.42. The van der Waals surface area contributed by atoms with Crippen molar-refractivity contribution in [3.63, 3.8) is 0 Å². The van der Waals surface area contributed by atoms with Gasteiger partial charge in [-0.25, -0.2) is 13.4 Å². The molecule has 0 saturated carbocycles. The molecule has 144 valence electrons. The summed E-state index contributed by atoms with van der Waals surface area (Å²) in [6.45, 7) is 6.70. The van der Waals surface area contributed by atoms with Crippen LogP contribution in [0.4, 0.5) is 0 Å². The number of rotatable bonds is 6. The third-order valence-electron chi connectivity index (χ3n) is 4.46. The Labute approximate surface area is 171 Å². The van der Waals surface area contributed by atoms with Crippen LogP contribution in [0.2, 0.25) is 0 Å². The number of sulfone groups is 1. The molecule has 1 fully saturated rings.